The lowest BCUT2D eigenvalue weighted by Gasteiger charge is -2.30. The fraction of sp³-hybridized carbons (Fsp3) is 0.231. The third kappa shape index (κ3) is 3.40. The number of amides is 2. The normalized spacial score (nSPS) is 14.3. The molecule has 21 heavy (non-hydrogen) atoms. The van der Waals surface area contributed by atoms with Gasteiger partial charge < -0.3 is 10.1 Å². The number of nitrogens with one attached hydrogen (secondary N) is 1. The lowest BCUT2D eigenvalue weighted by atomic mass is 10.1. The van der Waals surface area contributed by atoms with Gasteiger partial charge in [-0.3, -0.25) is 14.5 Å². The van der Waals surface area contributed by atoms with Crippen molar-refractivity contribution in [2.45, 2.75) is 6.18 Å². The lowest BCUT2D eigenvalue weighted by molar-refractivity contribution is -0.137. The van der Waals surface area contributed by atoms with E-state index in [1.54, 1.807) is 0 Å². The Balaban J connectivity index is 2.38. The zero-order valence-electron chi connectivity index (χ0n) is 10.7. The molecule has 1 aromatic rings. The number of rotatable bonds is 3. The van der Waals surface area contributed by atoms with Crippen LogP contribution in [0.5, 0.6) is 0 Å². The predicted molar refractivity (Wildman–Crippen MR) is 67.3 cm³/mol. The molecule has 1 aliphatic heterocycles. The van der Waals surface area contributed by atoms with Crippen LogP contribution in [0.2, 0.25) is 0 Å². The van der Waals surface area contributed by atoms with E-state index in [9.17, 15) is 22.8 Å². The Labute approximate surface area is 118 Å². The molecule has 0 aliphatic carbocycles. The largest absolute Gasteiger partial charge is 0.416 e. The van der Waals surface area contributed by atoms with Crippen molar-refractivity contribution in [2.24, 2.45) is 0 Å². The topological polar surface area (TPSA) is 58.6 Å². The van der Waals surface area contributed by atoms with E-state index in [-0.39, 0.29) is 24.7 Å². The van der Waals surface area contributed by atoms with Crippen molar-refractivity contribution in [2.75, 3.05) is 18.8 Å². The van der Waals surface area contributed by atoms with Crippen LogP contribution in [0.3, 0.4) is 0 Å². The second-order valence-corrected chi connectivity index (χ2v) is 4.30. The van der Waals surface area contributed by atoms with E-state index in [2.05, 4.69) is 11.9 Å². The first-order valence-corrected chi connectivity index (χ1v) is 5.84. The van der Waals surface area contributed by atoms with Crippen LogP contribution in [0.4, 0.5) is 18.9 Å². The minimum absolute atomic E-state index is 0.0312. The van der Waals surface area contributed by atoms with Crippen LogP contribution in [0.25, 0.3) is 0 Å². The Kier molecular flexibility index (Phi) is 3.99. The molecule has 0 aromatic heterocycles. The number of alkyl halides is 3. The summed E-state index contributed by atoms with van der Waals surface area (Å²) in [4.78, 5) is 24.4. The molecule has 0 unspecified atom stereocenters. The molecule has 1 saturated heterocycles. The Morgan fingerprint density at radius 1 is 1.29 bits per heavy atom. The Morgan fingerprint density at radius 3 is 2.43 bits per heavy atom. The van der Waals surface area contributed by atoms with Gasteiger partial charge in [-0.25, -0.2) is 0 Å². The summed E-state index contributed by atoms with van der Waals surface area (Å²) >= 11 is 0. The summed E-state index contributed by atoms with van der Waals surface area (Å²) in [6.07, 6.45) is -3.71. The van der Waals surface area contributed by atoms with Crippen LogP contribution >= 0.6 is 0 Å². The van der Waals surface area contributed by atoms with Crippen LogP contribution in [0.1, 0.15) is 15.9 Å². The first kappa shape index (κ1) is 15.0. The molecule has 0 saturated carbocycles. The summed E-state index contributed by atoms with van der Waals surface area (Å²) in [6, 6.07) is 2.67. The van der Waals surface area contributed by atoms with Gasteiger partial charge in [0.05, 0.1) is 5.56 Å². The SMILES string of the molecule is C=CC(=O)Nc1cc(C(=O)N2COC2)cc(C(F)(F)F)c1. The first-order chi connectivity index (χ1) is 9.81. The molecule has 0 bridgehead atoms. The van der Waals surface area contributed by atoms with Gasteiger partial charge in [-0.05, 0) is 24.3 Å². The zero-order chi connectivity index (χ0) is 15.6. The molecule has 1 aliphatic rings. The highest BCUT2D eigenvalue weighted by Gasteiger charge is 2.33. The van der Waals surface area contributed by atoms with Gasteiger partial charge in [0, 0.05) is 11.3 Å². The summed E-state index contributed by atoms with van der Waals surface area (Å²) in [5.41, 5.74) is -1.32. The van der Waals surface area contributed by atoms with Crippen molar-refractivity contribution in [3.05, 3.63) is 42.0 Å². The lowest BCUT2D eigenvalue weighted by Crippen LogP contribution is -2.44. The minimum Gasteiger partial charge on any atom is -0.340 e. The highest BCUT2D eigenvalue weighted by atomic mass is 19.4. The number of anilines is 1. The van der Waals surface area contributed by atoms with E-state index in [1.165, 1.54) is 11.0 Å². The number of carbonyl (C=O) groups excluding carboxylic acids is 2. The van der Waals surface area contributed by atoms with Crippen molar-refractivity contribution in [3.63, 3.8) is 0 Å². The minimum atomic E-state index is -4.63. The van der Waals surface area contributed by atoms with Gasteiger partial charge in [-0.1, -0.05) is 6.58 Å². The fourth-order valence-corrected chi connectivity index (χ4v) is 1.66. The molecular formula is C13H11F3N2O3. The van der Waals surface area contributed by atoms with Gasteiger partial charge in [0.2, 0.25) is 5.91 Å². The van der Waals surface area contributed by atoms with E-state index >= 15 is 0 Å². The molecule has 1 fully saturated rings. The Bertz CT molecular complexity index is 595. The number of carbonyl (C=O) groups is 2. The highest BCUT2D eigenvalue weighted by Crippen LogP contribution is 2.32. The summed E-state index contributed by atoms with van der Waals surface area (Å²) in [5.74, 6) is -1.26. The summed E-state index contributed by atoms with van der Waals surface area (Å²) in [5, 5.41) is 2.22. The van der Waals surface area contributed by atoms with Crippen LogP contribution in [-0.2, 0) is 15.7 Å². The molecular weight excluding hydrogens is 289 g/mol. The van der Waals surface area contributed by atoms with E-state index in [4.69, 9.17) is 4.74 Å². The maximum atomic E-state index is 12.8. The average molecular weight is 300 g/mol. The average Bonchev–Trinajstić information content (AvgIpc) is 2.35. The molecule has 112 valence electrons. The molecule has 0 radical (unpaired) electrons. The molecule has 2 rings (SSSR count). The quantitative estimate of drug-likeness (QED) is 0.871. The molecule has 1 N–H and O–H groups in total. The molecule has 1 heterocycles. The third-order valence-corrected chi connectivity index (χ3v) is 2.74. The van der Waals surface area contributed by atoms with Crippen molar-refractivity contribution in [1.82, 2.24) is 4.90 Å². The van der Waals surface area contributed by atoms with E-state index in [0.717, 1.165) is 18.2 Å². The molecule has 5 nitrogen and oxygen atoms in total. The number of nitrogens with zero attached hydrogens (tertiary/aromatic N) is 1. The van der Waals surface area contributed by atoms with Crippen molar-refractivity contribution < 1.29 is 27.5 Å². The van der Waals surface area contributed by atoms with E-state index in [0.29, 0.717) is 0 Å². The van der Waals surface area contributed by atoms with Gasteiger partial charge >= 0.3 is 6.18 Å². The predicted octanol–water partition coefficient (Wildman–Crippen LogP) is 2.22. The number of hydrogen-bond donors (Lipinski definition) is 1. The molecule has 2 amide bonds. The monoisotopic (exact) mass is 300 g/mol. The van der Waals surface area contributed by atoms with Crippen LogP contribution in [-0.4, -0.2) is 30.2 Å². The van der Waals surface area contributed by atoms with Gasteiger partial charge in [-0.2, -0.15) is 13.2 Å². The standard InChI is InChI=1S/C13H11F3N2O3/c1-2-11(19)17-10-4-8(12(20)18-6-21-7-18)3-9(5-10)13(14,15)16/h2-5H,1,6-7H2,(H,17,19). The molecule has 8 heteroatoms. The highest BCUT2D eigenvalue weighted by molar-refractivity contribution is 6.01. The molecule has 0 spiro atoms. The summed E-state index contributed by atoms with van der Waals surface area (Å²) in [7, 11) is 0. The Morgan fingerprint density at radius 2 is 1.95 bits per heavy atom. The van der Waals surface area contributed by atoms with E-state index < -0.39 is 23.6 Å². The van der Waals surface area contributed by atoms with Crippen molar-refractivity contribution >= 4 is 17.5 Å². The first-order valence-electron chi connectivity index (χ1n) is 5.84. The van der Waals surface area contributed by atoms with Gasteiger partial charge in [-0.15, -0.1) is 0 Å². The number of halogens is 3. The van der Waals surface area contributed by atoms with Gasteiger partial charge in [0.15, 0.2) is 0 Å². The van der Waals surface area contributed by atoms with Crippen molar-refractivity contribution in [1.29, 1.82) is 0 Å². The summed E-state index contributed by atoms with van der Waals surface area (Å²) in [6.45, 7) is 3.27. The van der Waals surface area contributed by atoms with Crippen LogP contribution in [0.15, 0.2) is 30.9 Å². The fourth-order valence-electron chi connectivity index (χ4n) is 1.66. The number of ether oxygens (including phenoxy) is 1. The second kappa shape index (κ2) is 5.57. The molecule has 1 aromatic carbocycles. The Hall–Kier alpha value is -2.35. The maximum absolute atomic E-state index is 12.8. The van der Waals surface area contributed by atoms with Crippen LogP contribution < -0.4 is 5.32 Å². The van der Waals surface area contributed by atoms with Gasteiger partial charge in [0.1, 0.15) is 13.5 Å². The van der Waals surface area contributed by atoms with Gasteiger partial charge in [0.25, 0.3) is 5.91 Å². The maximum Gasteiger partial charge on any atom is 0.416 e. The third-order valence-electron chi connectivity index (χ3n) is 2.74. The number of benzene rings is 1. The summed E-state index contributed by atoms with van der Waals surface area (Å²) < 4.78 is 43.3. The molecule has 0 atom stereocenters. The van der Waals surface area contributed by atoms with Crippen molar-refractivity contribution in [3.8, 4) is 0 Å². The number of hydrogen-bond acceptors (Lipinski definition) is 3. The zero-order valence-corrected chi connectivity index (χ0v) is 10.7. The second-order valence-electron chi connectivity index (χ2n) is 4.30. The van der Waals surface area contributed by atoms with Crippen LogP contribution in [0, 0.1) is 0 Å². The van der Waals surface area contributed by atoms with E-state index in [1.807, 2.05) is 0 Å². The smallest absolute Gasteiger partial charge is 0.340 e.